The van der Waals surface area contributed by atoms with E-state index in [0.29, 0.717) is 11.6 Å². The van der Waals surface area contributed by atoms with Gasteiger partial charge in [0.1, 0.15) is 17.1 Å². The molecule has 17 heavy (non-hydrogen) atoms. The molecule has 94 valence electrons. The van der Waals surface area contributed by atoms with Crippen molar-refractivity contribution in [3.63, 3.8) is 0 Å². The van der Waals surface area contributed by atoms with Gasteiger partial charge in [-0.3, -0.25) is 0 Å². The largest absolute Gasteiger partial charge is 0.507 e. The van der Waals surface area contributed by atoms with E-state index in [0.717, 1.165) is 40.8 Å². The third-order valence-corrected chi connectivity index (χ3v) is 3.94. The van der Waals surface area contributed by atoms with Gasteiger partial charge in [0.15, 0.2) is 0 Å². The first-order chi connectivity index (χ1) is 7.87. The Morgan fingerprint density at radius 2 is 1.94 bits per heavy atom. The standard InChI is InChI=1S/C14H19ClO2/c1-8-9(2)13-10(11(7-15)12(8)16)5-6-14(3,4)17-13/h16H,5-7H2,1-4H3. The number of alkyl halides is 1. The van der Waals surface area contributed by atoms with Crippen LogP contribution in [0.25, 0.3) is 0 Å². The van der Waals surface area contributed by atoms with E-state index in [4.69, 9.17) is 16.3 Å². The number of ether oxygens (including phenoxy) is 1. The van der Waals surface area contributed by atoms with Crippen molar-refractivity contribution >= 4 is 11.6 Å². The molecule has 0 fully saturated rings. The van der Waals surface area contributed by atoms with Crippen LogP contribution in [0.5, 0.6) is 11.5 Å². The zero-order chi connectivity index (χ0) is 12.8. The molecule has 0 aliphatic carbocycles. The maximum absolute atomic E-state index is 10.1. The Labute approximate surface area is 108 Å². The summed E-state index contributed by atoms with van der Waals surface area (Å²) < 4.78 is 6.06. The molecule has 1 aliphatic heterocycles. The maximum atomic E-state index is 10.1. The molecule has 2 nitrogen and oxygen atoms in total. The van der Waals surface area contributed by atoms with Gasteiger partial charge in [0.25, 0.3) is 0 Å². The third kappa shape index (κ3) is 1.99. The summed E-state index contributed by atoms with van der Waals surface area (Å²) in [5.74, 6) is 1.59. The summed E-state index contributed by atoms with van der Waals surface area (Å²) >= 11 is 5.95. The predicted octanol–water partition coefficient (Wildman–Crippen LogP) is 3.85. The Balaban J connectivity index is 2.66. The number of fused-ring (bicyclic) bond motifs is 1. The SMILES string of the molecule is Cc1c(C)c2c(c(CCl)c1O)CCC(C)(C)O2. The van der Waals surface area contributed by atoms with E-state index in [-0.39, 0.29) is 5.60 Å². The predicted molar refractivity (Wildman–Crippen MR) is 70.2 cm³/mol. The Morgan fingerprint density at radius 1 is 1.29 bits per heavy atom. The highest BCUT2D eigenvalue weighted by Gasteiger charge is 2.31. The highest BCUT2D eigenvalue weighted by atomic mass is 35.5. The van der Waals surface area contributed by atoms with Gasteiger partial charge in [-0.15, -0.1) is 11.6 Å². The van der Waals surface area contributed by atoms with Gasteiger partial charge in [0.05, 0.1) is 5.88 Å². The summed E-state index contributed by atoms with van der Waals surface area (Å²) in [4.78, 5) is 0. The highest BCUT2D eigenvalue weighted by Crippen LogP contribution is 2.43. The summed E-state index contributed by atoms with van der Waals surface area (Å²) in [6.45, 7) is 8.09. The van der Waals surface area contributed by atoms with E-state index in [9.17, 15) is 5.11 Å². The van der Waals surface area contributed by atoms with E-state index in [1.54, 1.807) is 0 Å². The van der Waals surface area contributed by atoms with Crippen molar-refractivity contribution < 1.29 is 9.84 Å². The summed E-state index contributed by atoms with van der Waals surface area (Å²) in [5.41, 5.74) is 3.68. The quantitative estimate of drug-likeness (QED) is 0.772. The van der Waals surface area contributed by atoms with Crippen LogP contribution in [-0.4, -0.2) is 10.7 Å². The lowest BCUT2D eigenvalue weighted by atomic mass is 9.88. The van der Waals surface area contributed by atoms with Crippen LogP contribution in [0.1, 0.15) is 42.5 Å². The third-order valence-electron chi connectivity index (χ3n) is 3.67. The summed E-state index contributed by atoms with van der Waals surface area (Å²) in [5, 5.41) is 10.1. The second-order valence-corrected chi connectivity index (χ2v) is 5.65. The van der Waals surface area contributed by atoms with Crippen molar-refractivity contribution in [2.75, 3.05) is 0 Å². The molecule has 0 unspecified atom stereocenters. The normalized spacial score (nSPS) is 17.5. The average Bonchev–Trinajstić information content (AvgIpc) is 2.27. The second kappa shape index (κ2) is 4.09. The van der Waals surface area contributed by atoms with E-state index in [2.05, 4.69) is 13.8 Å². The molecule has 1 N–H and O–H groups in total. The smallest absolute Gasteiger partial charge is 0.127 e. The minimum absolute atomic E-state index is 0.134. The minimum atomic E-state index is -0.134. The first-order valence-corrected chi connectivity index (χ1v) is 6.49. The number of hydrogen-bond acceptors (Lipinski definition) is 2. The van der Waals surface area contributed by atoms with Gasteiger partial charge in [-0.1, -0.05) is 0 Å². The zero-order valence-corrected chi connectivity index (χ0v) is 11.6. The molecule has 0 radical (unpaired) electrons. The molecular weight excluding hydrogens is 236 g/mol. The minimum Gasteiger partial charge on any atom is -0.507 e. The van der Waals surface area contributed by atoms with Crippen LogP contribution in [0.2, 0.25) is 0 Å². The maximum Gasteiger partial charge on any atom is 0.127 e. The number of phenolic OH excluding ortho intramolecular Hbond substituents is 1. The molecule has 3 heteroatoms. The zero-order valence-electron chi connectivity index (χ0n) is 10.9. The fourth-order valence-electron chi connectivity index (χ4n) is 2.38. The van der Waals surface area contributed by atoms with Gasteiger partial charge < -0.3 is 9.84 Å². The van der Waals surface area contributed by atoms with Crippen LogP contribution in [-0.2, 0) is 12.3 Å². The van der Waals surface area contributed by atoms with Gasteiger partial charge in [0.2, 0.25) is 0 Å². The molecule has 0 aromatic heterocycles. The molecule has 0 bridgehead atoms. The van der Waals surface area contributed by atoms with Crippen LogP contribution in [0.15, 0.2) is 0 Å². The van der Waals surface area contributed by atoms with Gasteiger partial charge in [-0.2, -0.15) is 0 Å². The van der Waals surface area contributed by atoms with Crippen molar-refractivity contribution in [2.45, 2.75) is 52.0 Å². The lowest BCUT2D eigenvalue weighted by Crippen LogP contribution is -2.33. The van der Waals surface area contributed by atoms with Crippen molar-refractivity contribution in [1.29, 1.82) is 0 Å². The van der Waals surface area contributed by atoms with Gasteiger partial charge >= 0.3 is 0 Å². The van der Waals surface area contributed by atoms with Crippen molar-refractivity contribution in [2.24, 2.45) is 0 Å². The molecule has 1 heterocycles. The highest BCUT2D eigenvalue weighted by molar-refractivity contribution is 6.17. The van der Waals surface area contributed by atoms with E-state index < -0.39 is 0 Å². The number of halogens is 1. The van der Waals surface area contributed by atoms with Gasteiger partial charge in [0, 0.05) is 11.1 Å². The van der Waals surface area contributed by atoms with Crippen LogP contribution in [0.3, 0.4) is 0 Å². The Hall–Kier alpha value is -0.890. The lowest BCUT2D eigenvalue weighted by molar-refractivity contribution is 0.0831. The molecule has 2 rings (SSSR count). The Morgan fingerprint density at radius 3 is 2.53 bits per heavy atom. The van der Waals surface area contributed by atoms with Crippen molar-refractivity contribution in [3.8, 4) is 11.5 Å². The molecule has 0 spiro atoms. The fraction of sp³-hybridized carbons (Fsp3) is 0.571. The van der Waals surface area contributed by atoms with Crippen molar-refractivity contribution in [3.05, 3.63) is 22.3 Å². The van der Waals surface area contributed by atoms with E-state index in [1.165, 1.54) is 0 Å². The van der Waals surface area contributed by atoms with Crippen LogP contribution in [0, 0.1) is 13.8 Å². The van der Waals surface area contributed by atoms with E-state index in [1.807, 2.05) is 13.8 Å². The summed E-state index contributed by atoms with van der Waals surface area (Å²) in [6.07, 6.45) is 1.87. The molecule has 0 amide bonds. The first kappa shape index (κ1) is 12.6. The van der Waals surface area contributed by atoms with Gasteiger partial charge in [-0.25, -0.2) is 0 Å². The molecule has 0 saturated carbocycles. The van der Waals surface area contributed by atoms with Gasteiger partial charge in [-0.05, 0) is 51.7 Å². The fourth-order valence-corrected chi connectivity index (χ4v) is 2.67. The number of benzene rings is 1. The molecule has 1 aromatic rings. The van der Waals surface area contributed by atoms with E-state index >= 15 is 0 Å². The molecule has 1 aromatic carbocycles. The van der Waals surface area contributed by atoms with Crippen LogP contribution >= 0.6 is 11.6 Å². The lowest BCUT2D eigenvalue weighted by Gasteiger charge is -2.35. The molecular formula is C14H19ClO2. The summed E-state index contributed by atoms with van der Waals surface area (Å²) in [6, 6.07) is 0. The number of hydrogen-bond donors (Lipinski definition) is 1. The number of aromatic hydroxyl groups is 1. The van der Waals surface area contributed by atoms with Crippen molar-refractivity contribution in [1.82, 2.24) is 0 Å². The number of rotatable bonds is 1. The topological polar surface area (TPSA) is 29.5 Å². The Kier molecular flexibility index (Phi) is 3.03. The van der Waals surface area contributed by atoms with Crippen LogP contribution < -0.4 is 4.74 Å². The summed E-state index contributed by atoms with van der Waals surface area (Å²) in [7, 11) is 0. The van der Waals surface area contributed by atoms with Crippen LogP contribution in [0.4, 0.5) is 0 Å². The average molecular weight is 255 g/mol. The molecule has 0 atom stereocenters. The monoisotopic (exact) mass is 254 g/mol. The molecule has 1 aliphatic rings. The first-order valence-electron chi connectivity index (χ1n) is 5.96. The molecule has 0 saturated heterocycles. The second-order valence-electron chi connectivity index (χ2n) is 5.38. The number of phenols is 1. The Bertz CT molecular complexity index is 464.